The molecule has 0 aliphatic carbocycles. The third-order valence-corrected chi connectivity index (χ3v) is 2.71. The molecule has 3 N–H and O–H groups in total. The number of aliphatic hydroxyl groups excluding tert-OH is 1. The van der Waals surface area contributed by atoms with E-state index < -0.39 is 6.04 Å². The summed E-state index contributed by atoms with van der Waals surface area (Å²) in [6.45, 7) is 1.56. The average molecular weight is 246 g/mol. The van der Waals surface area contributed by atoms with Gasteiger partial charge in [-0.05, 0) is 32.1 Å². The maximum absolute atomic E-state index is 11.8. The maximum atomic E-state index is 11.8. The van der Waals surface area contributed by atoms with Gasteiger partial charge >= 0.3 is 0 Å². The summed E-state index contributed by atoms with van der Waals surface area (Å²) in [4.78, 5) is 13.5. The van der Waals surface area contributed by atoms with Crippen LogP contribution in [-0.2, 0) is 9.53 Å². The fourth-order valence-electron chi connectivity index (χ4n) is 1.60. The van der Waals surface area contributed by atoms with E-state index in [0.29, 0.717) is 19.6 Å². The lowest BCUT2D eigenvalue weighted by molar-refractivity contribution is -0.131. The number of carbonyl (C=O) groups excluding carboxylic acids is 1. The van der Waals surface area contributed by atoms with Crippen LogP contribution in [0.25, 0.3) is 0 Å². The molecule has 1 unspecified atom stereocenters. The number of likely N-dealkylation sites (N-methyl/N-ethyl adjacent to an activating group) is 1. The maximum Gasteiger partial charge on any atom is 0.239 e. The van der Waals surface area contributed by atoms with E-state index >= 15 is 0 Å². The molecule has 0 aromatic heterocycles. The normalized spacial score (nSPS) is 12.5. The van der Waals surface area contributed by atoms with Gasteiger partial charge in [-0.15, -0.1) is 0 Å². The van der Waals surface area contributed by atoms with Gasteiger partial charge in [0.05, 0.1) is 6.04 Å². The lowest BCUT2D eigenvalue weighted by atomic mass is 10.1. The number of aliphatic hydroxyl groups is 1. The Morgan fingerprint density at radius 1 is 1.35 bits per heavy atom. The number of nitrogens with two attached hydrogens (primary N) is 1. The Hall–Kier alpha value is -0.650. The van der Waals surface area contributed by atoms with Crippen LogP contribution in [0.15, 0.2) is 0 Å². The van der Waals surface area contributed by atoms with Gasteiger partial charge in [-0.2, -0.15) is 0 Å². The number of ether oxygens (including phenoxy) is 1. The third kappa shape index (κ3) is 8.12. The molecule has 17 heavy (non-hydrogen) atoms. The Kier molecular flexibility index (Phi) is 10.1. The highest BCUT2D eigenvalue weighted by Crippen LogP contribution is 2.02. The second kappa shape index (κ2) is 10.5. The monoisotopic (exact) mass is 246 g/mol. The molecule has 0 radical (unpaired) electrons. The molecule has 0 aliphatic rings. The predicted molar refractivity (Wildman–Crippen MR) is 67.7 cm³/mol. The van der Waals surface area contributed by atoms with Crippen LogP contribution in [0.3, 0.4) is 0 Å². The molecule has 1 amide bonds. The minimum Gasteiger partial charge on any atom is -0.396 e. The van der Waals surface area contributed by atoms with E-state index in [9.17, 15) is 4.79 Å². The van der Waals surface area contributed by atoms with Crippen LogP contribution in [-0.4, -0.2) is 55.9 Å². The molecular formula is C12H26N2O3. The van der Waals surface area contributed by atoms with Gasteiger partial charge in [0.1, 0.15) is 0 Å². The Labute approximate surface area is 104 Å². The summed E-state index contributed by atoms with van der Waals surface area (Å²) < 4.78 is 4.92. The summed E-state index contributed by atoms with van der Waals surface area (Å²) in [5, 5.41) is 8.64. The van der Waals surface area contributed by atoms with Gasteiger partial charge in [0.25, 0.3) is 0 Å². The van der Waals surface area contributed by atoms with Crippen molar-refractivity contribution in [3.05, 3.63) is 0 Å². The Morgan fingerprint density at radius 2 is 2.06 bits per heavy atom. The summed E-state index contributed by atoms with van der Waals surface area (Å²) in [7, 11) is 3.41. The predicted octanol–water partition coefficient (Wildman–Crippen LogP) is 0.361. The summed E-state index contributed by atoms with van der Waals surface area (Å²) in [5.74, 6) is -0.00917. The van der Waals surface area contributed by atoms with E-state index in [0.717, 1.165) is 25.7 Å². The van der Waals surface area contributed by atoms with Crippen molar-refractivity contribution in [3.8, 4) is 0 Å². The van der Waals surface area contributed by atoms with E-state index in [-0.39, 0.29) is 12.5 Å². The Morgan fingerprint density at radius 3 is 2.65 bits per heavy atom. The van der Waals surface area contributed by atoms with Crippen LogP contribution >= 0.6 is 0 Å². The van der Waals surface area contributed by atoms with Crippen molar-refractivity contribution in [2.24, 2.45) is 5.73 Å². The summed E-state index contributed by atoms with van der Waals surface area (Å²) in [6, 6.07) is -0.423. The summed E-state index contributed by atoms with van der Waals surface area (Å²) in [6.07, 6.45) is 4.11. The highest BCUT2D eigenvalue weighted by atomic mass is 16.5. The van der Waals surface area contributed by atoms with Gasteiger partial charge < -0.3 is 20.5 Å². The first-order chi connectivity index (χ1) is 8.13. The molecule has 0 saturated carbocycles. The fourth-order valence-corrected chi connectivity index (χ4v) is 1.60. The van der Waals surface area contributed by atoms with Gasteiger partial charge in [-0.3, -0.25) is 4.79 Å². The molecule has 1 atom stereocenters. The minimum absolute atomic E-state index is 0.00917. The number of rotatable bonds is 10. The number of unbranched alkanes of at least 4 members (excludes halogenated alkanes) is 2. The molecule has 102 valence electrons. The zero-order valence-corrected chi connectivity index (χ0v) is 11.0. The van der Waals surface area contributed by atoms with Gasteiger partial charge in [-0.1, -0.05) is 0 Å². The van der Waals surface area contributed by atoms with Crippen LogP contribution in [0.2, 0.25) is 0 Å². The molecule has 0 aromatic carbocycles. The number of hydrogen-bond acceptors (Lipinski definition) is 4. The second-order valence-corrected chi connectivity index (χ2v) is 4.29. The number of hydrogen-bond donors (Lipinski definition) is 2. The standard InChI is InChI=1S/C12H26N2O3/c1-14(8-4-3-5-9-15)12(16)11(13)7-6-10-17-2/h11,15H,3-10,13H2,1-2H3. The largest absolute Gasteiger partial charge is 0.396 e. The van der Waals surface area contributed by atoms with E-state index in [2.05, 4.69) is 0 Å². The van der Waals surface area contributed by atoms with Gasteiger partial charge in [0.15, 0.2) is 0 Å². The molecule has 0 spiro atoms. The van der Waals surface area contributed by atoms with Crippen molar-refractivity contribution in [1.29, 1.82) is 0 Å². The Bertz CT molecular complexity index is 200. The second-order valence-electron chi connectivity index (χ2n) is 4.29. The third-order valence-electron chi connectivity index (χ3n) is 2.71. The smallest absolute Gasteiger partial charge is 0.239 e. The van der Waals surface area contributed by atoms with Gasteiger partial charge in [-0.25, -0.2) is 0 Å². The zero-order valence-electron chi connectivity index (χ0n) is 11.0. The van der Waals surface area contributed by atoms with Crippen molar-refractivity contribution in [3.63, 3.8) is 0 Å². The molecule has 0 aromatic rings. The quantitative estimate of drug-likeness (QED) is 0.546. The van der Waals surface area contributed by atoms with Crippen LogP contribution < -0.4 is 5.73 Å². The van der Waals surface area contributed by atoms with Crippen LogP contribution in [0.4, 0.5) is 0 Å². The Balaban J connectivity index is 3.70. The molecular weight excluding hydrogens is 220 g/mol. The molecule has 0 fully saturated rings. The molecule has 0 heterocycles. The topological polar surface area (TPSA) is 75.8 Å². The first-order valence-corrected chi connectivity index (χ1v) is 6.23. The number of nitrogens with zero attached hydrogens (tertiary/aromatic N) is 1. The minimum atomic E-state index is -0.423. The molecule has 0 saturated heterocycles. The summed E-state index contributed by atoms with van der Waals surface area (Å²) in [5.41, 5.74) is 5.80. The first kappa shape index (κ1) is 16.4. The van der Waals surface area contributed by atoms with Crippen molar-refractivity contribution < 1.29 is 14.6 Å². The molecule has 0 aliphatic heterocycles. The highest BCUT2D eigenvalue weighted by molar-refractivity contribution is 5.81. The summed E-state index contributed by atoms with van der Waals surface area (Å²) >= 11 is 0. The zero-order chi connectivity index (χ0) is 13.1. The van der Waals surface area contributed by atoms with Crippen LogP contribution in [0, 0.1) is 0 Å². The van der Waals surface area contributed by atoms with Gasteiger partial charge in [0.2, 0.25) is 5.91 Å². The van der Waals surface area contributed by atoms with Crippen LogP contribution in [0.5, 0.6) is 0 Å². The fraction of sp³-hybridized carbons (Fsp3) is 0.917. The highest BCUT2D eigenvalue weighted by Gasteiger charge is 2.16. The molecule has 5 nitrogen and oxygen atoms in total. The number of carbonyl (C=O) groups is 1. The van der Waals surface area contributed by atoms with E-state index in [1.807, 2.05) is 0 Å². The molecule has 0 bridgehead atoms. The van der Waals surface area contributed by atoms with E-state index in [1.165, 1.54) is 0 Å². The molecule has 0 rings (SSSR count). The SMILES string of the molecule is COCCCC(N)C(=O)N(C)CCCCCO. The number of amides is 1. The lowest BCUT2D eigenvalue weighted by Crippen LogP contribution is -2.42. The average Bonchev–Trinajstić information content (AvgIpc) is 2.33. The first-order valence-electron chi connectivity index (χ1n) is 6.23. The van der Waals surface area contributed by atoms with Crippen molar-refractivity contribution in [2.75, 3.05) is 33.9 Å². The van der Waals surface area contributed by atoms with Crippen molar-refractivity contribution in [1.82, 2.24) is 4.90 Å². The van der Waals surface area contributed by atoms with Crippen molar-refractivity contribution in [2.45, 2.75) is 38.1 Å². The van der Waals surface area contributed by atoms with E-state index in [4.69, 9.17) is 15.6 Å². The van der Waals surface area contributed by atoms with E-state index in [1.54, 1.807) is 19.1 Å². The van der Waals surface area contributed by atoms with Crippen molar-refractivity contribution >= 4 is 5.91 Å². The van der Waals surface area contributed by atoms with Crippen LogP contribution in [0.1, 0.15) is 32.1 Å². The lowest BCUT2D eigenvalue weighted by Gasteiger charge is -2.21. The number of methoxy groups -OCH3 is 1. The van der Waals surface area contributed by atoms with Gasteiger partial charge in [0, 0.05) is 33.9 Å². The molecule has 5 heteroatoms.